The molecule has 3 N–H and O–H groups in total. The molecule has 0 fully saturated rings. The Morgan fingerprint density at radius 3 is 1.64 bits per heavy atom. The minimum Gasteiger partial charge on any atom is -0.457 e. The zero-order chi connectivity index (χ0) is 24.3. The number of para-hydroxylation sites is 2. The molecule has 0 amide bonds. The molecule has 0 aliphatic carbocycles. The zero-order valence-corrected chi connectivity index (χ0v) is 19.3. The van der Waals surface area contributed by atoms with Gasteiger partial charge in [0, 0.05) is 17.3 Å². The number of benzene rings is 4. The lowest BCUT2D eigenvalue weighted by molar-refractivity contribution is 0.482. The summed E-state index contributed by atoms with van der Waals surface area (Å²) >= 11 is 0. The highest BCUT2D eigenvalue weighted by Crippen LogP contribution is 2.37. The Morgan fingerprint density at radius 2 is 1.08 bits per heavy atom. The number of ether oxygens (including phenoxy) is 2. The Balaban J connectivity index is 1.30. The molecule has 0 aliphatic rings. The van der Waals surface area contributed by atoms with Crippen molar-refractivity contribution >= 4 is 16.7 Å². The van der Waals surface area contributed by atoms with Gasteiger partial charge in [-0.2, -0.15) is 5.10 Å². The highest BCUT2D eigenvalue weighted by molar-refractivity contribution is 6.06. The first-order valence-corrected chi connectivity index (χ1v) is 11.5. The molecule has 0 aliphatic heterocycles. The van der Waals surface area contributed by atoms with Crippen LogP contribution < -0.4 is 15.2 Å². The molecular formula is C30H22N4O2. The first kappa shape index (κ1) is 21.4. The number of nitrogens with one attached hydrogen (secondary N) is 1. The van der Waals surface area contributed by atoms with Crippen molar-refractivity contribution in [3.63, 3.8) is 0 Å². The molecule has 174 valence electrons. The fourth-order valence-electron chi connectivity index (χ4n) is 4.13. The molecule has 6 heteroatoms. The van der Waals surface area contributed by atoms with Gasteiger partial charge in [0.15, 0.2) is 5.82 Å². The number of nitrogens with two attached hydrogens (primary N) is 1. The Labute approximate surface area is 208 Å². The number of aromatic amines is 1. The van der Waals surface area contributed by atoms with Crippen LogP contribution in [0.15, 0.2) is 115 Å². The Bertz CT molecular complexity index is 1610. The standard InChI is InChI=1S/C30H22N4O2/c31-30-27-26(20-11-15-24(16-12-20)35-22-7-3-1-4-8-22)19-32-28(29(27)33-34-30)21-13-17-25(18-14-21)36-23-9-5-2-6-10-23/h1-19H,(H3,31,33,34). The van der Waals surface area contributed by atoms with Crippen molar-refractivity contribution in [3.05, 3.63) is 115 Å². The molecule has 2 aromatic heterocycles. The number of nitrogen functional groups attached to an aromatic ring is 1. The molecule has 0 saturated heterocycles. The smallest absolute Gasteiger partial charge is 0.153 e. The van der Waals surface area contributed by atoms with E-state index in [9.17, 15) is 0 Å². The van der Waals surface area contributed by atoms with Crippen LogP contribution in [0.4, 0.5) is 5.82 Å². The third-order valence-electron chi connectivity index (χ3n) is 5.87. The van der Waals surface area contributed by atoms with Crippen molar-refractivity contribution in [3.8, 4) is 45.4 Å². The highest BCUT2D eigenvalue weighted by Gasteiger charge is 2.16. The maximum Gasteiger partial charge on any atom is 0.153 e. The first-order valence-electron chi connectivity index (χ1n) is 11.5. The van der Waals surface area contributed by atoms with E-state index in [0.717, 1.165) is 56.3 Å². The van der Waals surface area contributed by atoms with Crippen LogP contribution in [0.1, 0.15) is 0 Å². The molecule has 2 heterocycles. The molecule has 6 rings (SSSR count). The summed E-state index contributed by atoms with van der Waals surface area (Å²) in [5.74, 6) is 3.51. The number of pyridine rings is 1. The summed E-state index contributed by atoms with van der Waals surface area (Å²) < 4.78 is 11.8. The van der Waals surface area contributed by atoms with E-state index in [1.165, 1.54) is 0 Å². The summed E-state index contributed by atoms with van der Waals surface area (Å²) in [6.45, 7) is 0. The van der Waals surface area contributed by atoms with Crippen molar-refractivity contribution in [2.24, 2.45) is 0 Å². The molecule has 0 spiro atoms. The molecule has 6 aromatic rings. The third kappa shape index (κ3) is 4.23. The fourth-order valence-corrected chi connectivity index (χ4v) is 4.13. The molecule has 4 aromatic carbocycles. The molecule has 0 atom stereocenters. The lowest BCUT2D eigenvalue weighted by Crippen LogP contribution is -1.92. The summed E-state index contributed by atoms with van der Waals surface area (Å²) in [6.07, 6.45) is 1.84. The minimum atomic E-state index is 0.428. The third-order valence-corrected chi connectivity index (χ3v) is 5.87. The normalized spacial score (nSPS) is 10.9. The van der Waals surface area contributed by atoms with Crippen LogP contribution in [0.25, 0.3) is 33.3 Å². The maximum atomic E-state index is 6.29. The van der Waals surface area contributed by atoms with Gasteiger partial charge in [-0.15, -0.1) is 0 Å². The van der Waals surface area contributed by atoms with E-state index < -0.39 is 0 Å². The van der Waals surface area contributed by atoms with E-state index in [2.05, 4.69) is 10.2 Å². The molecule has 0 radical (unpaired) electrons. The van der Waals surface area contributed by atoms with Gasteiger partial charge in [0.25, 0.3) is 0 Å². The molecule has 36 heavy (non-hydrogen) atoms. The van der Waals surface area contributed by atoms with Crippen molar-refractivity contribution in [2.75, 3.05) is 5.73 Å². The van der Waals surface area contributed by atoms with E-state index in [1.807, 2.05) is 115 Å². The first-order chi connectivity index (χ1) is 17.7. The number of H-pyrrole nitrogens is 1. The van der Waals surface area contributed by atoms with Gasteiger partial charge in [-0.3, -0.25) is 10.1 Å². The van der Waals surface area contributed by atoms with Crippen molar-refractivity contribution in [1.29, 1.82) is 0 Å². The lowest BCUT2D eigenvalue weighted by Gasteiger charge is -2.10. The van der Waals surface area contributed by atoms with Crippen molar-refractivity contribution < 1.29 is 9.47 Å². The number of nitrogens with zero attached hydrogens (tertiary/aromatic N) is 2. The lowest BCUT2D eigenvalue weighted by atomic mass is 10.0. The van der Waals surface area contributed by atoms with Gasteiger partial charge in [-0.05, 0) is 66.2 Å². The molecular weight excluding hydrogens is 448 g/mol. The van der Waals surface area contributed by atoms with Crippen LogP contribution in [0.2, 0.25) is 0 Å². The Hall–Kier alpha value is -5.10. The van der Waals surface area contributed by atoms with Gasteiger partial charge in [0.2, 0.25) is 0 Å². The van der Waals surface area contributed by atoms with Crippen LogP contribution in [-0.2, 0) is 0 Å². The predicted octanol–water partition coefficient (Wildman–Crippen LogP) is 7.46. The van der Waals surface area contributed by atoms with Gasteiger partial charge >= 0.3 is 0 Å². The number of hydrogen-bond acceptors (Lipinski definition) is 5. The van der Waals surface area contributed by atoms with Gasteiger partial charge in [-0.25, -0.2) is 0 Å². The average Bonchev–Trinajstić information content (AvgIpc) is 3.32. The van der Waals surface area contributed by atoms with Crippen LogP contribution in [0.3, 0.4) is 0 Å². The van der Waals surface area contributed by atoms with E-state index >= 15 is 0 Å². The number of hydrogen-bond donors (Lipinski definition) is 2. The van der Waals surface area contributed by atoms with E-state index in [0.29, 0.717) is 5.82 Å². The van der Waals surface area contributed by atoms with E-state index in [-0.39, 0.29) is 0 Å². The minimum absolute atomic E-state index is 0.428. The zero-order valence-electron chi connectivity index (χ0n) is 19.3. The topological polar surface area (TPSA) is 86.0 Å². The van der Waals surface area contributed by atoms with Crippen LogP contribution >= 0.6 is 0 Å². The maximum absolute atomic E-state index is 6.29. The predicted molar refractivity (Wildman–Crippen MR) is 142 cm³/mol. The number of fused-ring (bicyclic) bond motifs is 1. The number of anilines is 1. The summed E-state index contributed by atoms with van der Waals surface area (Å²) in [6, 6.07) is 35.0. The van der Waals surface area contributed by atoms with Crippen molar-refractivity contribution in [2.45, 2.75) is 0 Å². The largest absolute Gasteiger partial charge is 0.457 e. The number of aromatic nitrogens is 3. The summed E-state index contributed by atoms with van der Waals surface area (Å²) in [4.78, 5) is 4.77. The van der Waals surface area contributed by atoms with E-state index in [1.54, 1.807) is 0 Å². The van der Waals surface area contributed by atoms with E-state index in [4.69, 9.17) is 20.2 Å². The summed E-state index contributed by atoms with van der Waals surface area (Å²) in [5.41, 5.74) is 10.6. The second-order valence-electron chi connectivity index (χ2n) is 8.26. The number of rotatable bonds is 6. The van der Waals surface area contributed by atoms with Crippen LogP contribution in [0, 0.1) is 0 Å². The fraction of sp³-hybridized carbons (Fsp3) is 0. The Kier molecular flexibility index (Phi) is 5.52. The molecule has 0 unspecified atom stereocenters. The second kappa shape index (κ2) is 9.27. The molecule has 0 saturated carbocycles. The second-order valence-corrected chi connectivity index (χ2v) is 8.26. The van der Waals surface area contributed by atoms with Crippen LogP contribution in [-0.4, -0.2) is 15.2 Å². The van der Waals surface area contributed by atoms with Gasteiger partial charge in [0.1, 0.15) is 23.0 Å². The molecule has 6 nitrogen and oxygen atoms in total. The molecule has 0 bridgehead atoms. The van der Waals surface area contributed by atoms with Crippen LogP contribution in [0.5, 0.6) is 23.0 Å². The quantitative estimate of drug-likeness (QED) is 0.264. The monoisotopic (exact) mass is 470 g/mol. The average molecular weight is 471 g/mol. The summed E-state index contributed by atoms with van der Waals surface area (Å²) in [5, 5.41) is 8.18. The summed E-state index contributed by atoms with van der Waals surface area (Å²) in [7, 11) is 0. The SMILES string of the molecule is Nc1n[nH]c2c(-c3ccc(Oc4ccccc4)cc3)ncc(-c3ccc(Oc4ccccc4)cc3)c12. The van der Waals surface area contributed by atoms with Gasteiger partial charge in [0.05, 0.1) is 16.6 Å². The van der Waals surface area contributed by atoms with Crippen molar-refractivity contribution in [1.82, 2.24) is 15.2 Å². The van der Waals surface area contributed by atoms with Gasteiger partial charge in [-0.1, -0.05) is 48.5 Å². The Morgan fingerprint density at radius 1 is 0.583 bits per heavy atom. The highest BCUT2D eigenvalue weighted by atomic mass is 16.5. The van der Waals surface area contributed by atoms with Gasteiger partial charge < -0.3 is 15.2 Å².